The highest BCUT2D eigenvalue weighted by Crippen LogP contribution is 2.69. The molecule has 0 radical (unpaired) electrons. The molecule has 15 heteroatoms. The van der Waals surface area contributed by atoms with Gasteiger partial charge in [-0.3, -0.25) is 9.69 Å². The van der Waals surface area contributed by atoms with Crippen molar-refractivity contribution in [3.63, 3.8) is 0 Å². The number of rotatable bonds is 12. The van der Waals surface area contributed by atoms with Crippen LogP contribution in [0, 0.1) is 16.0 Å². The number of nitro groups is 1. The second-order valence-electron chi connectivity index (χ2n) is 15.6. The van der Waals surface area contributed by atoms with Gasteiger partial charge in [0, 0.05) is 36.5 Å². The van der Waals surface area contributed by atoms with Gasteiger partial charge in [-0.1, -0.05) is 54.0 Å². The van der Waals surface area contributed by atoms with E-state index in [4.69, 9.17) is 15.2 Å². The zero-order valence-corrected chi connectivity index (χ0v) is 30.1. The number of aliphatic imine (C=N–C) groups is 1. The number of carbonyl (C=O) groups excluding carboxylic acids is 2. The third kappa shape index (κ3) is 5.75. The Labute approximate surface area is 316 Å². The van der Waals surface area contributed by atoms with Crippen molar-refractivity contribution in [1.82, 2.24) is 20.6 Å². The number of aromatic hydroxyl groups is 1. The average Bonchev–Trinajstić information content (AvgIpc) is 3.81. The van der Waals surface area contributed by atoms with Crippen LogP contribution in [0.1, 0.15) is 76.5 Å². The van der Waals surface area contributed by atoms with Crippen molar-refractivity contribution in [3.8, 4) is 11.5 Å². The molecule has 2 fully saturated rings. The van der Waals surface area contributed by atoms with E-state index >= 15 is 0 Å². The lowest BCUT2D eigenvalue weighted by molar-refractivity contribution is -0.525. The number of nitrogens with one attached hydrogen (secondary N) is 3. The predicted molar refractivity (Wildman–Crippen MR) is 200 cm³/mol. The number of esters is 1. The molecule has 286 valence electrons. The summed E-state index contributed by atoms with van der Waals surface area (Å²) >= 11 is 0. The normalized spacial score (nSPS) is 25.4. The number of ether oxygens (including phenoxy) is 2. The Morgan fingerprint density at radius 1 is 1.16 bits per heavy atom. The van der Waals surface area contributed by atoms with Crippen LogP contribution in [0.15, 0.2) is 65.7 Å². The number of hydrogen-bond donors (Lipinski definition) is 6. The number of para-hydroxylation sites is 1. The molecule has 1 saturated heterocycles. The fourth-order valence-corrected chi connectivity index (χ4v) is 9.77. The maximum atomic E-state index is 14.2. The molecule has 2 aliphatic heterocycles. The third-order valence-corrected chi connectivity index (χ3v) is 12.4. The molecular weight excluding hydrogens is 706 g/mol. The van der Waals surface area contributed by atoms with Crippen LogP contribution >= 0.6 is 0 Å². The second-order valence-corrected chi connectivity index (χ2v) is 15.6. The molecule has 5 aliphatic rings. The third-order valence-electron chi connectivity index (χ3n) is 12.4. The highest BCUT2D eigenvalue weighted by molar-refractivity contribution is 6.08. The maximum Gasteiger partial charge on any atom is 0.328 e. The second kappa shape index (κ2) is 13.3. The average molecular weight is 750 g/mol. The van der Waals surface area contributed by atoms with E-state index in [1.807, 2.05) is 42.5 Å². The van der Waals surface area contributed by atoms with E-state index < -0.39 is 40.1 Å². The quantitative estimate of drug-likeness (QED) is 0.0308. The topological polar surface area (TPSA) is 218 Å². The highest BCUT2D eigenvalue weighted by Gasteiger charge is 2.73. The summed E-state index contributed by atoms with van der Waals surface area (Å²) in [5, 5.41) is 37.8. The van der Waals surface area contributed by atoms with E-state index in [0.29, 0.717) is 42.0 Å². The standard InChI is InChI=1S/C40H43N7O8/c41-38(45-47(52)53)42-16-5-10-28(37(50)54-21-23-6-2-1-3-7-23)43-36(49)26-9-4-8-25-27-19-40(51)30-18-24-13-14-29(48)34-31(24)39(40,15-17-46(30)20-22-11-12-22)35(55-34)33(27)44-32(25)26/h1-4,6-9,13-14,22,28,30,35,44,48,51H,5,10-12,15-21H2,(H,43,49)(H3,41,42,45)/t28-,30-,35-,39-,40+/m0/s1. The number of fused-ring (bicyclic) bond motifs is 4. The predicted octanol–water partition coefficient (Wildman–Crippen LogP) is 3.29. The SMILES string of the molecule is NC(=NCCC[C@H](NC(=O)c1cccc2c3c([nH]c12)[C@@H]1Oc2c(O)ccc4c2[C@@]12CCN(CC1CC1)[C@@H](C4)[C@]2(O)C3)C(=O)OCc1ccccc1)N[N+](=O)[O-]. The van der Waals surface area contributed by atoms with Crippen LogP contribution in [0.2, 0.25) is 0 Å². The van der Waals surface area contributed by atoms with Crippen LogP contribution in [0.4, 0.5) is 0 Å². The number of aromatic amines is 1. The van der Waals surface area contributed by atoms with Crippen molar-refractivity contribution in [2.75, 3.05) is 19.6 Å². The van der Waals surface area contributed by atoms with Gasteiger partial charge in [-0.05, 0) is 79.8 Å². The maximum absolute atomic E-state index is 14.2. The smallest absolute Gasteiger partial charge is 0.328 e. The number of guanidine groups is 1. The minimum absolute atomic E-state index is 0.00755. The largest absolute Gasteiger partial charge is 0.504 e. The van der Waals surface area contributed by atoms with E-state index in [0.717, 1.165) is 46.4 Å². The summed E-state index contributed by atoms with van der Waals surface area (Å²) in [4.78, 5) is 48.3. The van der Waals surface area contributed by atoms with Crippen LogP contribution in [0.5, 0.6) is 11.5 Å². The summed E-state index contributed by atoms with van der Waals surface area (Å²) in [6, 6.07) is 17.0. The van der Waals surface area contributed by atoms with Crippen LogP contribution in [-0.2, 0) is 34.4 Å². The number of aliphatic hydroxyl groups is 1. The summed E-state index contributed by atoms with van der Waals surface area (Å²) in [7, 11) is 0. The number of nitrogens with two attached hydrogens (primary N) is 1. The van der Waals surface area contributed by atoms with Crippen molar-refractivity contribution in [2.45, 2.75) is 80.8 Å². The summed E-state index contributed by atoms with van der Waals surface area (Å²) in [5.74, 6) is -0.399. The van der Waals surface area contributed by atoms with E-state index in [1.54, 1.807) is 23.6 Å². The fourth-order valence-electron chi connectivity index (χ4n) is 9.77. The summed E-state index contributed by atoms with van der Waals surface area (Å²) in [5.41, 5.74) is 10.7. The molecule has 5 atom stereocenters. The van der Waals surface area contributed by atoms with Crippen molar-refractivity contribution < 1.29 is 34.3 Å². The Morgan fingerprint density at radius 3 is 2.76 bits per heavy atom. The van der Waals surface area contributed by atoms with E-state index in [9.17, 15) is 29.9 Å². The molecular formula is C40H43N7O8. The number of H-pyrrole nitrogens is 1. The van der Waals surface area contributed by atoms with Crippen LogP contribution in [0.3, 0.4) is 0 Å². The highest BCUT2D eigenvalue weighted by atomic mass is 16.7. The molecule has 1 aromatic heterocycles. The number of aromatic nitrogens is 1. The first-order chi connectivity index (χ1) is 26.6. The van der Waals surface area contributed by atoms with Crippen LogP contribution in [0.25, 0.3) is 10.9 Å². The Hall–Kier alpha value is -5.67. The monoisotopic (exact) mass is 749 g/mol. The Bertz CT molecular complexity index is 2240. The van der Waals surface area contributed by atoms with Gasteiger partial charge in [0.1, 0.15) is 12.6 Å². The number of hydrazine groups is 1. The van der Waals surface area contributed by atoms with Crippen molar-refractivity contribution in [1.29, 1.82) is 0 Å². The Morgan fingerprint density at radius 2 is 1.98 bits per heavy atom. The molecule has 1 spiro atoms. The number of phenols is 1. The molecule has 3 aliphatic carbocycles. The van der Waals surface area contributed by atoms with Gasteiger partial charge in [-0.15, -0.1) is 0 Å². The number of hydrogen-bond acceptors (Lipinski definition) is 10. The number of carbonyl (C=O) groups is 2. The summed E-state index contributed by atoms with van der Waals surface area (Å²) in [6.45, 7) is 1.83. The number of benzene rings is 3. The van der Waals surface area contributed by atoms with Gasteiger partial charge in [-0.2, -0.15) is 0 Å². The fraction of sp³-hybridized carbons (Fsp3) is 0.425. The molecule has 3 aromatic carbocycles. The Kier molecular flexibility index (Phi) is 8.46. The summed E-state index contributed by atoms with van der Waals surface area (Å²) < 4.78 is 12.4. The number of phenolic OH excluding ortho intramolecular Hbond substituents is 1. The van der Waals surface area contributed by atoms with Crippen LogP contribution in [-0.4, -0.2) is 80.3 Å². The molecule has 3 heterocycles. The first kappa shape index (κ1) is 35.1. The Balaban J connectivity index is 1.04. The van der Waals surface area contributed by atoms with E-state index in [2.05, 4.69) is 20.2 Å². The first-order valence-corrected chi connectivity index (χ1v) is 18.9. The number of likely N-dealkylation sites (tertiary alicyclic amines) is 1. The minimum atomic E-state index is -1.19. The number of amides is 1. The van der Waals surface area contributed by atoms with Crippen molar-refractivity contribution in [3.05, 3.63) is 104 Å². The molecule has 1 amide bonds. The molecule has 7 N–H and O–H groups in total. The molecule has 55 heavy (non-hydrogen) atoms. The van der Waals surface area contributed by atoms with Gasteiger partial charge in [0.25, 0.3) is 11.9 Å². The molecule has 0 unspecified atom stereocenters. The van der Waals surface area contributed by atoms with E-state index in [-0.39, 0.29) is 43.7 Å². The number of nitrogens with zero attached hydrogens (tertiary/aromatic N) is 3. The minimum Gasteiger partial charge on any atom is -0.504 e. The van der Waals surface area contributed by atoms with Gasteiger partial charge < -0.3 is 35.7 Å². The molecule has 15 nitrogen and oxygen atoms in total. The lowest BCUT2D eigenvalue weighted by Crippen LogP contribution is -2.74. The van der Waals surface area contributed by atoms with Crippen molar-refractivity contribution >= 4 is 28.7 Å². The van der Waals surface area contributed by atoms with Gasteiger partial charge in [0.2, 0.25) is 0 Å². The lowest BCUT2D eigenvalue weighted by Gasteiger charge is -2.62. The first-order valence-electron chi connectivity index (χ1n) is 18.9. The zero-order valence-electron chi connectivity index (χ0n) is 30.1. The van der Waals surface area contributed by atoms with Gasteiger partial charge in [0.05, 0.1) is 27.8 Å². The summed E-state index contributed by atoms with van der Waals surface area (Å²) in [6.07, 6.45) is 3.85. The molecule has 2 bridgehead atoms. The molecule has 4 aromatic rings. The van der Waals surface area contributed by atoms with Gasteiger partial charge >= 0.3 is 5.97 Å². The zero-order chi connectivity index (χ0) is 38.1. The molecule has 9 rings (SSSR count). The van der Waals surface area contributed by atoms with Gasteiger partial charge in [0.15, 0.2) is 22.6 Å². The van der Waals surface area contributed by atoms with Gasteiger partial charge in [-0.25, -0.2) is 19.9 Å². The number of piperidine rings is 1. The molecule has 1 saturated carbocycles. The van der Waals surface area contributed by atoms with Crippen molar-refractivity contribution in [2.24, 2.45) is 16.6 Å². The van der Waals surface area contributed by atoms with Crippen LogP contribution < -0.4 is 21.2 Å². The van der Waals surface area contributed by atoms with E-state index in [1.165, 1.54) is 12.8 Å². The lowest BCUT2D eigenvalue weighted by atomic mass is 9.49.